The predicted molar refractivity (Wildman–Crippen MR) is 143 cm³/mol. The van der Waals surface area contributed by atoms with E-state index >= 15 is 0 Å². The van der Waals surface area contributed by atoms with Crippen molar-refractivity contribution >= 4 is 23.4 Å². The van der Waals surface area contributed by atoms with Gasteiger partial charge in [0.15, 0.2) is 0 Å². The third kappa shape index (κ3) is 5.60. The van der Waals surface area contributed by atoms with E-state index in [-0.39, 0.29) is 28.5 Å². The number of halogens is 2. The molecule has 3 aromatic carbocycles. The second kappa shape index (κ2) is 10.9. The summed E-state index contributed by atoms with van der Waals surface area (Å²) < 4.78 is 14.3. The molecule has 2 aliphatic rings. The molecule has 2 atom stereocenters. The van der Waals surface area contributed by atoms with E-state index in [1.807, 2.05) is 67.7 Å². The van der Waals surface area contributed by atoms with E-state index < -0.39 is 11.7 Å². The third-order valence-electron chi connectivity index (χ3n) is 7.11. The Morgan fingerprint density at radius 1 is 1.05 bits per heavy atom. The van der Waals surface area contributed by atoms with E-state index in [9.17, 15) is 14.0 Å². The van der Waals surface area contributed by atoms with Crippen LogP contribution in [0.3, 0.4) is 0 Å². The van der Waals surface area contributed by atoms with Gasteiger partial charge in [0, 0.05) is 43.9 Å². The minimum absolute atomic E-state index is 0.0760. The van der Waals surface area contributed by atoms with Gasteiger partial charge in [0.05, 0.1) is 16.6 Å². The van der Waals surface area contributed by atoms with E-state index in [4.69, 9.17) is 11.6 Å². The Labute approximate surface area is 221 Å². The van der Waals surface area contributed by atoms with Gasteiger partial charge in [0.2, 0.25) is 0 Å². The maximum absolute atomic E-state index is 14.3. The van der Waals surface area contributed by atoms with E-state index in [1.54, 1.807) is 4.90 Å². The van der Waals surface area contributed by atoms with Crippen LogP contribution in [-0.2, 0) is 0 Å². The van der Waals surface area contributed by atoms with Gasteiger partial charge in [0.1, 0.15) is 5.82 Å². The Hall–Kier alpha value is -3.48. The summed E-state index contributed by atoms with van der Waals surface area (Å²) in [6.07, 6.45) is 2.61. The van der Waals surface area contributed by atoms with Gasteiger partial charge in [-0.25, -0.2) is 4.39 Å². The lowest BCUT2D eigenvalue weighted by Gasteiger charge is -2.24. The van der Waals surface area contributed by atoms with Crippen molar-refractivity contribution in [2.75, 3.05) is 26.2 Å². The summed E-state index contributed by atoms with van der Waals surface area (Å²) in [5.74, 6) is -0.875. The summed E-state index contributed by atoms with van der Waals surface area (Å²) >= 11 is 6.10. The largest absolute Gasteiger partial charge is 0.345 e. The quantitative estimate of drug-likeness (QED) is 0.442. The zero-order chi connectivity index (χ0) is 25.9. The highest BCUT2D eigenvalue weighted by Crippen LogP contribution is 2.32. The second-order valence-corrected chi connectivity index (χ2v) is 10.2. The third-order valence-corrected chi connectivity index (χ3v) is 7.42. The molecule has 37 heavy (non-hydrogen) atoms. The number of rotatable bonds is 7. The van der Waals surface area contributed by atoms with Crippen LogP contribution in [0.2, 0.25) is 5.02 Å². The van der Waals surface area contributed by atoms with E-state index in [1.165, 1.54) is 23.8 Å². The van der Waals surface area contributed by atoms with Crippen molar-refractivity contribution in [3.63, 3.8) is 0 Å². The number of benzene rings is 3. The van der Waals surface area contributed by atoms with Gasteiger partial charge >= 0.3 is 0 Å². The fourth-order valence-corrected chi connectivity index (χ4v) is 5.44. The van der Waals surface area contributed by atoms with Crippen LogP contribution in [0, 0.1) is 18.7 Å². The first-order valence-corrected chi connectivity index (χ1v) is 12.9. The van der Waals surface area contributed by atoms with E-state index in [0.717, 1.165) is 37.2 Å². The van der Waals surface area contributed by atoms with Gasteiger partial charge in [-0.2, -0.15) is 0 Å². The Kier molecular flexibility index (Phi) is 7.40. The molecule has 1 fully saturated rings. The highest BCUT2D eigenvalue weighted by atomic mass is 35.5. The molecular formula is C30H29ClFN3O2. The maximum atomic E-state index is 14.3. The number of amides is 2. The van der Waals surface area contributed by atoms with Crippen molar-refractivity contribution in [1.29, 1.82) is 0 Å². The van der Waals surface area contributed by atoms with Gasteiger partial charge in [0.25, 0.3) is 11.8 Å². The summed E-state index contributed by atoms with van der Waals surface area (Å²) in [4.78, 5) is 29.8. The number of nitrogens with one attached hydrogen (secondary N) is 1. The van der Waals surface area contributed by atoms with Gasteiger partial charge in [-0.05, 0) is 48.7 Å². The summed E-state index contributed by atoms with van der Waals surface area (Å²) in [7, 11) is 0. The Morgan fingerprint density at radius 2 is 1.84 bits per heavy atom. The molecule has 0 aromatic heterocycles. The van der Waals surface area contributed by atoms with Crippen LogP contribution in [0.15, 0.2) is 84.6 Å². The number of likely N-dealkylation sites (tertiary alicyclic amines) is 1. The normalized spacial score (nSPS) is 17.9. The van der Waals surface area contributed by atoms with Gasteiger partial charge in [-0.3, -0.25) is 14.5 Å². The number of carbonyl (C=O) groups is 2. The van der Waals surface area contributed by atoms with Crippen LogP contribution in [0.1, 0.15) is 44.3 Å². The van der Waals surface area contributed by atoms with Crippen LogP contribution in [-0.4, -0.2) is 47.8 Å². The topological polar surface area (TPSA) is 52.7 Å². The van der Waals surface area contributed by atoms with Crippen molar-refractivity contribution in [2.24, 2.45) is 5.92 Å². The minimum atomic E-state index is -0.603. The van der Waals surface area contributed by atoms with Crippen LogP contribution >= 0.6 is 11.6 Å². The molecular weight excluding hydrogens is 489 g/mol. The molecule has 1 saturated heterocycles. The van der Waals surface area contributed by atoms with Gasteiger partial charge in [-0.15, -0.1) is 0 Å². The lowest BCUT2D eigenvalue weighted by Crippen LogP contribution is -2.33. The summed E-state index contributed by atoms with van der Waals surface area (Å²) in [5, 5.41) is 3.35. The molecule has 1 unspecified atom stereocenters. The molecule has 0 spiro atoms. The number of carbonyl (C=O) groups excluding carboxylic acids is 2. The minimum Gasteiger partial charge on any atom is -0.345 e. The molecule has 0 radical (unpaired) electrons. The first kappa shape index (κ1) is 25.2. The zero-order valence-corrected chi connectivity index (χ0v) is 21.4. The lowest BCUT2D eigenvalue weighted by molar-refractivity contribution is 0.0816. The fraction of sp³-hybridized carbons (Fsp3) is 0.267. The van der Waals surface area contributed by atoms with Crippen molar-refractivity contribution in [1.82, 2.24) is 15.1 Å². The summed E-state index contributed by atoms with van der Waals surface area (Å²) in [6, 6.07) is 21.8. The SMILES string of the molecule is Cc1cccc(C(=O)N[C@@H](CCN2CC3=CN(C(=O)c4c(F)cccc4Cl)CC3C2)c2ccccc2)c1. The summed E-state index contributed by atoms with van der Waals surface area (Å²) in [6.45, 7) is 4.85. The standard InChI is InChI=1S/C30H29ClFN3O2/c1-20-7-5-10-22(15-20)29(36)33-27(21-8-3-2-4-9-21)13-14-34-16-23-18-35(19-24(23)17-34)30(37)28-25(31)11-6-12-26(28)32/h2-12,15,18,24,27H,13-14,16-17,19H2,1H3,(H,33,36)/t24?,27-/m0/s1. The Morgan fingerprint density at radius 3 is 2.57 bits per heavy atom. The highest BCUT2D eigenvalue weighted by molar-refractivity contribution is 6.33. The molecule has 5 nitrogen and oxygen atoms in total. The van der Waals surface area contributed by atoms with Gasteiger partial charge in [-0.1, -0.05) is 65.7 Å². The number of hydrogen-bond donors (Lipinski definition) is 1. The lowest BCUT2D eigenvalue weighted by atomic mass is 10.0. The molecule has 0 aliphatic carbocycles. The number of fused-ring (bicyclic) bond motifs is 1. The zero-order valence-electron chi connectivity index (χ0n) is 20.7. The molecule has 1 N–H and O–H groups in total. The Balaban J connectivity index is 1.23. The average Bonchev–Trinajstić information content (AvgIpc) is 3.46. The predicted octanol–water partition coefficient (Wildman–Crippen LogP) is 5.62. The fourth-order valence-electron chi connectivity index (χ4n) is 5.20. The number of aryl methyl sites for hydroxylation is 1. The van der Waals surface area contributed by atoms with Crippen LogP contribution in [0.4, 0.5) is 4.39 Å². The van der Waals surface area contributed by atoms with Crippen LogP contribution in [0.5, 0.6) is 0 Å². The molecule has 2 amide bonds. The average molecular weight is 518 g/mol. The molecule has 2 aliphatic heterocycles. The van der Waals surface area contributed by atoms with E-state index in [0.29, 0.717) is 12.1 Å². The molecule has 190 valence electrons. The summed E-state index contributed by atoms with van der Waals surface area (Å²) in [5.41, 5.74) is 3.86. The molecule has 3 aromatic rings. The number of nitrogens with zero attached hydrogens (tertiary/aromatic N) is 2. The van der Waals surface area contributed by atoms with Crippen LogP contribution in [0.25, 0.3) is 0 Å². The Bertz CT molecular complexity index is 1320. The van der Waals surface area contributed by atoms with Crippen LogP contribution < -0.4 is 5.32 Å². The smallest absolute Gasteiger partial charge is 0.262 e. The van der Waals surface area contributed by atoms with Crippen molar-refractivity contribution in [3.05, 3.63) is 118 Å². The van der Waals surface area contributed by atoms with Crippen molar-refractivity contribution in [3.8, 4) is 0 Å². The molecule has 0 bridgehead atoms. The maximum Gasteiger partial charge on any atom is 0.262 e. The monoisotopic (exact) mass is 517 g/mol. The molecule has 5 rings (SSSR count). The van der Waals surface area contributed by atoms with Gasteiger partial charge < -0.3 is 10.2 Å². The van der Waals surface area contributed by atoms with E-state index in [2.05, 4.69) is 10.2 Å². The van der Waals surface area contributed by atoms with Crippen molar-refractivity contribution in [2.45, 2.75) is 19.4 Å². The molecule has 7 heteroatoms. The van der Waals surface area contributed by atoms with Crippen molar-refractivity contribution < 1.29 is 14.0 Å². The molecule has 2 heterocycles. The molecule has 0 saturated carbocycles. The highest BCUT2D eigenvalue weighted by Gasteiger charge is 2.36. The first-order chi connectivity index (χ1) is 17.9. The number of hydrogen-bond acceptors (Lipinski definition) is 3. The first-order valence-electron chi connectivity index (χ1n) is 12.5. The second-order valence-electron chi connectivity index (χ2n) is 9.79.